The number of fused-ring (bicyclic) bond motifs is 2. The van der Waals surface area contributed by atoms with E-state index in [4.69, 9.17) is 5.11 Å². The predicted octanol–water partition coefficient (Wildman–Crippen LogP) is 2.77. The van der Waals surface area contributed by atoms with Crippen molar-refractivity contribution in [2.45, 2.75) is 24.0 Å². The Labute approximate surface area is 140 Å². The molecule has 24 heavy (non-hydrogen) atoms. The van der Waals surface area contributed by atoms with Crippen LogP contribution in [0.3, 0.4) is 0 Å². The SMILES string of the molecule is O=C(O)c1ccc(CS(=O)(=O)N2CC3(CC3)c3ccccc32)cc1. The van der Waals surface area contributed by atoms with Crippen LogP contribution in [0.2, 0.25) is 0 Å². The molecule has 1 aliphatic carbocycles. The van der Waals surface area contributed by atoms with Crippen LogP contribution in [-0.2, 0) is 21.2 Å². The summed E-state index contributed by atoms with van der Waals surface area (Å²) in [6.07, 6.45) is 2.06. The first-order valence-electron chi connectivity index (χ1n) is 7.84. The number of hydrogen-bond donors (Lipinski definition) is 1. The van der Waals surface area contributed by atoms with Crippen LogP contribution in [0.5, 0.6) is 0 Å². The highest BCUT2D eigenvalue weighted by Gasteiger charge is 2.53. The van der Waals surface area contributed by atoms with Gasteiger partial charge in [0.1, 0.15) is 0 Å². The smallest absolute Gasteiger partial charge is 0.335 e. The van der Waals surface area contributed by atoms with Crippen molar-refractivity contribution in [1.82, 2.24) is 0 Å². The molecule has 1 spiro atoms. The molecule has 0 saturated heterocycles. The Bertz CT molecular complexity index is 914. The molecule has 0 aromatic heterocycles. The van der Waals surface area contributed by atoms with E-state index < -0.39 is 16.0 Å². The molecular weight excluding hydrogens is 326 g/mol. The van der Waals surface area contributed by atoms with Crippen molar-refractivity contribution in [3.63, 3.8) is 0 Å². The fourth-order valence-corrected chi connectivity index (χ4v) is 5.12. The number of carboxylic acid groups (broad SMARTS) is 1. The van der Waals surface area contributed by atoms with Crippen LogP contribution in [0.15, 0.2) is 48.5 Å². The molecule has 2 aromatic carbocycles. The first-order chi connectivity index (χ1) is 11.4. The summed E-state index contributed by atoms with van der Waals surface area (Å²) >= 11 is 0. The molecule has 5 nitrogen and oxygen atoms in total. The van der Waals surface area contributed by atoms with Gasteiger partial charge in [-0.3, -0.25) is 4.31 Å². The molecule has 0 bridgehead atoms. The summed E-state index contributed by atoms with van der Waals surface area (Å²) < 4.78 is 27.3. The van der Waals surface area contributed by atoms with E-state index in [1.165, 1.54) is 16.4 Å². The van der Waals surface area contributed by atoms with Crippen LogP contribution in [0.25, 0.3) is 0 Å². The summed E-state index contributed by atoms with van der Waals surface area (Å²) in [6.45, 7) is 0.516. The highest BCUT2D eigenvalue weighted by Crippen LogP contribution is 2.57. The van der Waals surface area contributed by atoms with Crippen LogP contribution in [0.1, 0.15) is 34.3 Å². The molecule has 0 atom stereocenters. The van der Waals surface area contributed by atoms with Gasteiger partial charge in [-0.2, -0.15) is 0 Å². The molecule has 0 amide bonds. The Morgan fingerprint density at radius 3 is 2.38 bits per heavy atom. The maximum atomic E-state index is 12.9. The predicted molar refractivity (Wildman–Crippen MR) is 90.7 cm³/mol. The molecule has 2 aliphatic rings. The minimum atomic E-state index is -3.50. The number of nitrogens with zero attached hydrogens (tertiary/aromatic N) is 1. The van der Waals surface area contributed by atoms with Gasteiger partial charge in [-0.15, -0.1) is 0 Å². The molecule has 0 radical (unpaired) electrons. The van der Waals surface area contributed by atoms with Gasteiger partial charge < -0.3 is 5.11 Å². The Morgan fingerprint density at radius 2 is 1.75 bits per heavy atom. The Kier molecular flexibility index (Phi) is 3.22. The van der Waals surface area contributed by atoms with E-state index in [0.717, 1.165) is 24.1 Å². The maximum absolute atomic E-state index is 12.9. The zero-order chi connectivity index (χ0) is 16.9. The molecule has 1 saturated carbocycles. The van der Waals surface area contributed by atoms with Gasteiger partial charge in [-0.1, -0.05) is 30.3 Å². The molecule has 1 N–H and O–H groups in total. The van der Waals surface area contributed by atoms with Gasteiger partial charge in [-0.25, -0.2) is 13.2 Å². The molecular formula is C18H17NO4S. The van der Waals surface area contributed by atoms with E-state index >= 15 is 0 Å². The highest BCUT2D eigenvalue weighted by molar-refractivity contribution is 7.92. The first kappa shape index (κ1) is 15.2. The average molecular weight is 343 g/mol. The largest absolute Gasteiger partial charge is 0.478 e. The van der Waals surface area contributed by atoms with Crippen molar-refractivity contribution in [3.05, 3.63) is 65.2 Å². The minimum Gasteiger partial charge on any atom is -0.478 e. The number of benzene rings is 2. The van der Waals surface area contributed by atoms with E-state index in [9.17, 15) is 13.2 Å². The number of hydrogen-bond acceptors (Lipinski definition) is 3. The lowest BCUT2D eigenvalue weighted by atomic mass is 9.99. The molecule has 124 valence electrons. The fourth-order valence-electron chi connectivity index (χ4n) is 3.44. The highest BCUT2D eigenvalue weighted by atomic mass is 32.2. The lowest BCUT2D eigenvalue weighted by molar-refractivity contribution is 0.0697. The monoisotopic (exact) mass is 343 g/mol. The zero-order valence-electron chi connectivity index (χ0n) is 13.0. The van der Waals surface area contributed by atoms with E-state index in [1.807, 2.05) is 24.3 Å². The summed E-state index contributed by atoms with van der Waals surface area (Å²) in [4.78, 5) is 10.9. The third kappa shape index (κ3) is 2.38. The van der Waals surface area contributed by atoms with E-state index in [2.05, 4.69) is 0 Å². The number of carbonyl (C=O) groups is 1. The van der Waals surface area contributed by atoms with Crippen molar-refractivity contribution in [2.24, 2.45) is 0 Å². The lowest BCUT2D eigenvalue weighted by Gasteiger charge is -2.20. The van der Waals surface area contributed by atoms with Gasteiger partial charge in [-0.05, 0) is 42.2 Å². The van der Waals surface area contributed by atoms with Crippen LogP contribution in [0, 0.1) is 0 Å². The molecule has 0 unspecified atom stereocenters. The van der Waals surface area contributed by atoms with Crippen LogP contribution in [-0.4, -0.2) is 26.0 Å². The molecule has 1 aliphatic heterocycles. The van der Waals surface area contributed by atoms with Gasteiger partial charge in [0.25, 0.3) is 0 Å². The Balaban J connectivity index is 1.63. The molecule has 1 fully saturated rings. The van der Waals surface area contributed by atoms with E-state index in [0.29, 0.717) is 12.1 Å². The summed E-state index contributed by atoms with van der Waals surface area (Å²) in [7, 11) is -3.50. The van der Waals surface area contributed by atoms with Gasteiger partial charge in [0, 0.05) is 12.0 Å². The summed E-state index contributed by atoms with van der Waals surface area (Å²) in [6, 6.07) is 13.7. The number of aromatic carboxylic acids is 1. The van der Waals surface area contributed by atoms with Crippen LogP contribution < -0.4 is 4.31 Å². The number of sulfonamides is 1. The normalized spacial score (nSPS) is 17.8. The second-order valence-electron chi connectivity index (χ2n) is 6.56. The van der Waals surface area contributed by atoms with Crippen LogP contribution in [0.4, 0.5) is 5.69 Å². The second kappa shape index (κ2) is 5.08. The molecule has 4 rings (SSSR count). The fraction of sp³-hybridized carbons (Fsp3) is 0.278. The third-order valence-corrected chi connectivity index (χ3v) is 6.63. The standard InChI is InChI=1S/C18H17NO4S/c20-17(21)14-7-5-13(6-8-14)11-24(22,23)19-12-18(9-10-18)15-3-1-2-4-16(15)19/h1-8H,9-12H2,(H,20,21). The van der Waals surface area contributed by atoms with Crippen molar-refractivity contribution in [3.8, 4) is 0 Å². The number of carboxylic acids is 1. The molecule has 1 heterocycles. The first-order valence-corrected chi connectivity index (χ1v) is 9.44. The Hall–Kier alpha value is -2.34. The minimum absolute atomic E-state index is 0.0107. The lowest BCUT2D eigenvalue weighted by Crippen LogP contribution is -2.32. The third-order valence-electron chi connectivity index (χ3n) is 4.93. The topological polar surface area (TPSA) is 74.7 Å². The quantitative estimate of drug-likeness (QED) is 0.926. The summed E-state index contributed by atoms with van der Waals surface area (Å²) in [5.74, 6) is -1.15. The Morgan fingerprint density at radius 1 is 1.08 bits per heavy atom. The number of para-hydroxylation sites is 1. The molecule has 2 aromatic rings. The average Bonchev–Trinajstić information content (AvgIpc) is 3.25. The van der Waals surface area contributed by atoms with Gasteiger partial charge in [0.15, 0.2) is 0 Å². The van der Waals surface area contributed by atoms with Crippen molar-refractivity contribution in [2.75, 3.05) is 10.8 Å². The van der Waals surface area contributed by atoms with Gasteiger partial charge in [0.2, 0.25) is 10.0 Å². The maximum Gasteiger partial charge on any atom is 0.335 e. The van der Waals surface area contributed by atoms with Gasteiger partial charge in [0.05, 0.1) is 17.0 Å². The van der Waals surface area contributed by atoms with E-state index in [1.54, 1.807) is 12.1 Å². The summed E-state index contributed by atoms with van der Waals surface area (Å²) in [5, 5.41) is 8.93. The van der Waals surface area contributed by atoms with Gasteiger partial charge >= 0.3 is 5.97 Å². The van der Waals surface area contributed by atoms with Crippen molar-refractivity contribution >= 4 is 21.7 Å². The molecule has 6 heteroatoms. The van der Waals surface area contributed by atoms with Crippen LogP contribution >= 0.6 is 0 Å². The number of rotatable bonds is 4. The van der Waals surface area contributed by atoms with E-state index in [-0.39, 0.29) is 16.7 Å². The number of anilines is 1. The second-order valence-corrected chi connectivity index (χ2v) is 8.46. The summed E-state index contributed by atoms with van der Waals surface area (Å²) in [5.41, 5.74) is 2.68. The zero-order valence-corrected chi connectivity index (χ0v) is 13.8. The van der Waals surface area contributed by atoms with Crippen molar-refractivity contribution < 1.29 is 18.3 Å². The van der Waals surface area contributed by atoms with Crippen molar-refractivity contribution in [1.29, 1.82) is 0 Å².